The van der Waals surface area contributed by atoms with Gasteiger partial charge in [-0.15, -0.1) is 0 Å². The van der Waals surface area contributed by atoms with E-state index in [-0.39, 0.29) is 6.71 Å². The minimum atomic E-state index is -1.01. The molecule has 182 valence electrons. The van der Waals surface area contributed by atoms with Crippen LogP contribution in [-0.2, 0) is 0 Å². The Balaban J connectivity index is 1.52. The van der Waals surface area contributed by atoms with Crippen LogP contribution < -0.4 is 26.2 Å². The van der Waals surface area contributed by atoms with Crippen molar-refractivity contribution in [2.24, 2.45) is 0 Å². The SMILES string of the molecule is [2H]C12CCCCC1([2H])N1c3cc(C)cc4c3B(c3cc(C)ccc3N4c3ccc(C)cc3)c3cc(C)cc2c31. The van der Waals surface area contributed by atoms with E-state index in [9.17, 15) is 2.74 Å². The summed E-state index contributed by atoms with van der Waals surface area (Å²) in [5.41, 5.74) is 15.7. The Labute approximate surface area is 223 Å². The van der Waals surface area contributed by atoms with Crippen molar-refractivity contribution < 1.29 is 2.74 Å². The second kappa shape index (κ2) is 7.54. The van der Waals surface area contributed by atoms with Crippen molar-refractivity contribution >= 4 is 51.5 Å². The summed E-state index contributed by atoms with van der Waals surface area (Å²) in [5, 5.41) is 0. The first kappa shape index (κ1) is 19.6. The van der Waals surface area contributed by atoms with Crippen LogP contribution in [0, 0.1) is 27.7 Å². The zero-order valence-electron chi connectivity index (χ0n) is 24.2. The predicted octanol–water partition coefficient (Wildman–Crippen LogP) is 6.71. The van der Waals surface area contributed by atoms with Crippen molar-refractivity contribution in [2.75, 3.05) is 9.80 Å². The van der Waals surface area contributed by atoms with Gasteiger partial charge in [-0.1, -0.05) is 65.9 Å². The number of aryl methyl sites for hydroxylation is 4. The van der Waals surface area contributed by atoms with E-state index < -0.39 is 11.9 Å². The van der Waals surface area contributed by atoms with Gasteiger partial charge in [0.2, 0.25) is 0 Å². The van der Waals surface area contributed by atoms with Gasteiger partial charge in [-0.3, -0.25) is 0 Å². The van der Waals surface area contributed by atoms with Crippen molar-refractivity contribution in [3.63, 3.8) is 0 Å². The minimum Gasteiger partial charge on any atom is -0.338 e. The topological polar surface area (TPSA) is 6.48 Å². The molecule has 4 aliphatic rings. The Morgan fingerprint density at radius 2 is 1.41 bits per heavy atom. The Morgan fingerprint density at radius 1 is 0.703 bits per heavy atom. The van der Waals surface area contributed by atoms with Crippen LogP contribution in [0.3, 0.4) is 0 Å². The van der Waals surface area contributed by atoms with Crippen molar-refractivity contribution in [3.8, 4) is 0 Å². The highest BCUT2D eigenvalue weighted by molar-refractivity contribution is 7.00. The molecule has 0 saturated heterocycles. The lowest BCUT2D eigenvalue weighted by atomic mass is 9.33. The molecule has 0 bridgehead atoms. The van der Waals surface area contributed by atoms with Crippen LogP contribution in [-0.4, -0.2) is 12.7 Å². The zero-order valence-corrected chi connectivity index (χ0v) is 22.2. The van der Waals surface area contributed by atoms with E-state index >= 15 is 0 Å². The second-order valence-electron chi connectivity index (χ2n) is 11.6. The number of rotatable bonds is 1. The van der Waals surface area contributed by atoms with Crippen LogP contribution >= 0.6 is 0 Å². The number of benzene rings is 4. The zero-order chi connectivity index (χ0) is 26.8. The fourth-order valence-corrected chi connectivity index (χ4v) is 7.45. The molecular formula is C34H33BN2. The molecule has 1 saturated carbocycles. The van der Waals surface area contributed by atoms with Crippen molar-refractivity contribution in [3.05, 3.63) is 94.5 Å². The van der Waals surface area contributed by atoms with Gasteiger partial charge in [0, 0.05) is 41.7 Å². The highest BCUT2D eigenvalue weighted by Crippen LogP contribution is 2.53. The van der Waals surface area contributed by atoms with Crippen molar-refractivity contribution in [1.29, 1.82) is 0 Å². The van der Waals surface area contributed by atoms with E-state index in [1.807, 2.05) is 0 Å². The van der Waals surface area contributed by atoms with E-state index in [0.29, 0.717) is 6.42 Å². The van der Waals surface area contributed by atoms with Gasteiger partial charge in [0.15, 0.2) is 0 Å². The van der Waals surface area contributed by atoms with Crippen LogP contribution in [0.2, 0.25) is 0 Å². The summed E-state index contributed by atoms with van der Waals surface area (Å²) in [5.74, 6) is -0.933. The average Bonchev–Trinajstić information content (AvgIpc) is 3.11. The lowest BCUT2D eigenvalue weighted by Gasteiger charge is -2.45. The summed E-state index contributed by atoms with van der Waals surface area (Å²) in [4.78, 5) is 4.74. The fourth-order valence-electron chi connectivity index (χ4n) is 7.45. The predicted molar refractivity (Wildman–Crippen MR) is 158 cm³/mol. The first-order chi connectivity index (χ1) is 18.7. The average molecular weight is 482 g/mol. The summed E-state index contributed by atoms with van der Waals surface area (Å²) in [7, 11) is 0. The molecule has 37 heavy (non-hydrogen) atoms. The van der Waals surface area contributed by atoms with E-state index in [4.69, 9.17) is 0 Å². The highest BCUT2D eigenvalue weighted by Gasteiger charge is 2.50. The van der Waals surface area contributed by atoms with Gasteiger partial charge in [-0.2, -0.15) is 0 Å². The first-order valence-corrected chi connectivity index (χ1v) is 13.8. The molecular weight excluding hydrogens is 447 g/mol. The molecule has 3 heterocycles. The van der Waals surface area contributed by atoms with Crippen LogP contribution in [0.5, 0.6) is 0 Å². The standard InChI is InChI=1S/C34H33BN2/c1-20-9-12-24(13-10-20)36-30-14-11-21(2)16-27(30)35-28-17-22(3)15-26-25-7-5-6-8-29(25)37(34(26)28)32-19-23(4)18-31(36)33(32)35/h9-19,25,29H,5-8H2,1-4H3/i25D,29D. The molecule has 8 rings (SSSR count). The van der Waals surface area contributed by atoms with E-state index in [0.717, 1.165) is 41.9 Å². The number of hydrogen-bond acceptors (Lipinski definition) is 2. The van der Waals surface area contributed by atoms with Crippen LogP contribution in [0.25, 0.3) is 0 Å². The summed E-state index contributed by atoms with van der Waals surface area (Å²) < 4.78 is 19.9. The van der Waals surface area contributed by atoms with Gasteiger partial charge >= 0.3 is 0 Å². The smallest absolute Gasteiger partial charge is 0.252 e. The number of anilines is 5. The molecule has 1 aliphatic carbocycles. The minimum absolute atomic E-state index is 0.0736. The maximum Gasteiger partial charge on any atom is 0.252 e. The third-order valence-corrected chi connectivity index (χ3v) is 8.93. The van der Waals surface area contributed by atoms with Crippen LogP contribution in [0.15, 0.2) is 66.7 Å². The quantitative estimate of drug-likeness (QED) is 0.245. The normalized spacial score (nSPS) is 25.1. The number of nitrogens with zero attached hydrogens (tertiary/aromatic N) is 2. The molecule has 0 amide bonds. The summed E-state index contributed by atoms with van der Waals surface area (Å²) >= 11 is 0. The number of fused-ring (bicyclic) bond motifs is 7. The largest absolute Gasteiger partial charge is 0.338 e. The lowest BCUT2D eigenvalue weighted by Crippen LogP contribution is -2.62. The second-order valence-corrected chi connectivity index (χ2v) is 11.6. The highest BCUT2D eigenvalue weighted by atomic mass is 15.2. The molecule has 0 aromatic heterocycles. The van der Waals surface area contributed by atoms with E-state index in [1.165, 1.54) is 50.0 Å². The van der Waals surface area contributed by atoms with E-state index in [2.05, 4.69) is 104 Å². The molecule has 3 heteroatoms. The van der Waals surface area contributed by atoms with E-state index in [1.54, 1.807) is 0 Å². The Kier molecular flexibility index (Phi) is 4.00. The van der Waals surface area contributed by atoms with Gasteiger partial charge in [0.25, 0.3) is 6.71 Å². The summed E-state index contributed by atoms with van der Waals surface area (Å²) in [6, 6.07) is 23.9. The van der Waals surface area contributed by atoms with Gasteiger partial charge in [0.05, 0.1) is 1.37 Å². The molecule has 2 unspecified atom stereocenters. The molecule has 4 aromatic carbocycles. The monoisotopic (exact) mass is 482 g/mol. The van der Waals surface area contributed by atoms with Gasteiger partial charge < -0.3 is 9.80 Å². The molecule has 0 spiro atoms. The summed E-state index contributed by atoms with van der Waals surface area (Å²) in [6.07, 6.45) is 3.47. The Bertz CT molecular complexity index is 1710. The van der Waals surface area contributed by atoms with Crippen molar-refractivity contribution in [2.45, 2.75) is 65.3 Å². The first-order valence-electron chi connectivity index (χ1n) is 14.8. The summed E-state index contributed by atoms with van der Waals surface area (Å²) in [6.45, 7) is 8.74. The fraction of sp³-hybridized carbons (Fsp3) is 0.294. The van der Waals surface area contributed by atoms with Crippen LogP contribution in [0.4, 0.5) is 28.4 Å². The molecule has 1 fully saturated rings. The maximum absolute atomic E-state index is 10.0. The van der Waals surface area contributed by atoms with Gasteiger partial charge in [-0.05, 0) is 98.4 Å². The van der Waals surface area contributed by atoms with Gasteiger partial charge in [0.1, 0.15) is 0 Å². The molecule has 0 radical (unpaired) electrons. The maximum atomic E-state index is 10.0. The lowest BCUT2D eigenvalue weighted by molar-refractivity contribution is 0.402. The number of hydrogen-bond donors (Lipinski definition) is 0. The third-order valence-electron chi connectivity index (χ3n) is 8.93. The van der Waals surface area contributed by atoms with Gasteiger partial charge in [-0.25, -0.2) is 0 Å². The molecule has 2 atom stereocenters. The van der Waals surface area contributed by atoms with Crippen molar-refractivity contribution in [1.82, 2.24) is 0 Å². The molecule has 3 aliphatic heterocycles. The molecule has 2 nitrogen and oxygen atoms in total. The van der Waals surface area contributed by atoms with Crippen LogP contribution in [0.1, 0.15) is 62.1 Å². The molecule has 4 aromatic rings. The third kappa shape index (κ3) is 2.89. The Morgan fingerprint density at radius 3 is 2.24 bits per heavy atom. The molecule has 0 N–H and O–H groups in total. The Hall–Kier alpha value is -3.46.